The van der Waals surface area contributed by atoms with Crippen molar-refractivity contribution in [1.29, 1.82) is 0 Å². The highest BCUT2D eigenvalue weighted by atomic mass is 16.3. The van der Waals surface area contributed by atoms with Gasteiger partial charge in [-0.3, -0.25) is 4.79 Å². The van der Waals surface area contributed by atoms with Crippen molar-refractivity contribution in [1.82, 2.24) is 9.88 Å². The molecule has 5 heteroatoms. The van der Waals surface area contributed by atoms with Crippen LogP contribution in [-0.2, 0) is 11.2 Å². The maximum absolute atomic E-state index is 12.6. The fourth-order valence-corrected chi connectivity index (χ4v) is 3.40. The highest BCUT2D eigenvalue weighted by Crippen LogP contribution is 2.29. The van der Waals surface area contributed by atoms with Crippen molar-refractivity contribution in [2.45, 2.75) is 25.2 Å². The Morgan fingerprint density at radius 2 is 2.00 bits per heavy atom. The molecule has 2 aromatic carbocycles. The van der Waals surface area contributed by atoms with E-state index >= 15 is 0 Å². The first-order valence-corrected chi connectivity index (χ1v) is 8.61. The Kier molecular flexibility index (Phi) is 4.14. The van der Waals surface area contributed by atoms with Crippen LogP contribution in [0.4, 0.5) is 0 Å². The summed E-state index contributed by atoms with van der Waals surface area (Å²) in [4.78, 5) is 19.1. The van der Waals surface area contributed by atoms with E-state index in [1.807, 2.05) is 35.2 Å². The van der Waals surface area contributed by atoms with E-state index in [9.17, 15) is 9.90 Å². The standard InChI is InChI=1S/C20H20N2O3/c23-17-9-3-1-6-14(17)12-19(24)22-11-5-7-15(13-22)20-21-16-8-2-4-10-18(16)25-20/h1-4,6,8-10,15,23H,5,7,11-13H2/t15-/m1/s1. The zero-order valence-electron chi connectivity index (χ0n) is 13.9. The van der Waals surface area contributed by atoms with Crippen LogP contribution in [0.1, 0.15) is 30.2 Å². The normalized spacial score (nSPS) is 17.8. The number of piperidine rings is 1. The molecule has 0 unspecified atom stereocenters. The van der Waals surface area contributed by atoms with Gasteiger partial charge in [-0.05, 0) is 31.0 Å². The Hall–Kier alpha value is -2.82. The second-order valence-corrected chi connectivity index (χ2v) is 6.50. The smallest absolute Gasteiger partial charge is 0.227 e. The van der Waals surface area contributed by atoms with Crippen LogP contribution in [-0.4, -0.2) is 34.0 Å². The van der Waals surface area contributed by atoms with Crippen LogP contribution >= 0.6 is 0 Å². The number of phenols is 1. The fourth-order valence-electron chi connectivity index (χ4n) is 3.40. The first kappa shape index (κ1) is 15.7. The van der Waals surface area contributed by atoms with Gasteiger partial charge in [0.15, 0.2) is 11.5 Å². The third-order valence-electron chi connectivity index (χ3n) is 4.77. The second-order valence-electron chi connectivity index (χ2n) is 6.50. The number of hydrogen-bond acceptors (Lipinski definition) is 4. The minimum Gasteiger partial charge on any atom is -0.508 e. The molecule has 3 aromatic rings. The summed E-state index contributed by atoms with van der Waals surface area (Å²) in [5.41, 5.74) is 2.31. The Labute approximate surface area is 145 Å². The zero-order chi connectivity index (χ0) is 17.2. The van der Waals surface area contributed by atoms with Crippen molar-refractivity contribution in [2.75, 3.05) is 13.1 Å². The van der Waals surface area contributed by atoms with Gasteiger partial charge >= 0.3 is 0 Å². The van der Waals surface area contributed by atoms with Gasteiger partial charge in [0.2, 0.25) is 5.91 Å². The lowest BCUT2D eigenvalue weighted by Crippen LogP contribution is -2.40. The first-order valence-electron chi connectivity index (χ1n) is 8.61. The molecule has 0 aliphatic carbocycles. The Balaban J connectivity index is 1.48. The van der Waals surface area contributed by atoms with Crippen LogP contribution in [0.15, 0.2) is 52.9 Å². The molecule has 1 saturated heterocycles. The van der Waals surface area contributed by atoms with E-state index < -0.39 is 0 Å². The number of aromatic nitrogens is 1. The van der Waals surface area contributed by atoms with Crippen LogP contribution < -0.4 is 0 Å². The molecule has 128 valence electrons. The summed E-state index contributed by atoms with van der Waals surface area (Å²) in [5.74, 6) is 1.03. The number of nitrogens with zero attached hydrogens (tertiary/aromatic N) is 2. The van der Waals surface area contributed by atoms with Crippen LogP contribution in [0.5, 0.6) is 5.75 Å². The number of aromatic hydroxyl groups is 1. The predicted molar refractivity (Wildman–Crippen MR) is 94.4 cm³/mol. The molecule has 1 aromatic heterocycles. The number of benzene rings is 2. The first-order chi connectivity index (χ1) is 12.2. The van der Waals surface area contributed by atoms with Crippen molar-refractivity contribution in [2.24, 2.45) is 0 Å². The summed E-state index contributed by atoms with van der Waals surface area (Å²) in [6, 6.07) is 14.7. The average Bonchev–Trinajstić information content (AvgIpc) is 3.08. The number of oxazole rings is 1. The molecule has 0 saturated carbocycles. The highest BCUT2D eigenvalue weighted by molar-refractivity contribution is 5.79. The summed E-state index contributed by atoms with van der Waals surface area (Å²) in [6.07, 6.45) is 2.11. The highest BCUT2D eigenvalue weighted by Gasteiger charge is 2.28. The van der Waals surface area contributed by atoms with E-state index in [1.165, 1.54) is 0 Å². The number of hydrogen-bond donors (Lipinski definition) is 1. The number of rotatable bonds is 3. The van der Waals surface area contributed by atoms with Gasteiger partial charge in [0.25, 0.3) is 0 Å². The summed E-state index contributed by atoms with van der Waals surface area (Å²) in [5, 5.41) is 9.87. The lowest BCUT2D eigenvalue weighted by atomic mass is 9.97. The molecule has 1 aliphatic rings. The van der Waals surface area contributed by atoms with E-state index in [0.717, 1.165) is 30.5 Å². The monoisotopic (exact) mass is 336 g/mol. The summed E-state index contributed by atoms with van der Waals surface area (Å²) < 4.78 is 5.88. The molecule has 5 nitrogen and oxygen atoms in total. The predicted octanol–water partition coefficient (Wildman–Crippen LogP) is 3.48. The van der Waals surface area contributed by atoms with Crippen molar-refractivity contribution in [3.05, 3.63) is 60.0 Å². The summed E-state index contributed by atoms with van der Waals surface area (Å²) in [6.45, 7) is 1.35. The third-order valence-corrected chi connectivity index (χ3v) is 4.77. The topological polar surface area (TPSA) is 66.6 Å². The van der Waals surface area contributed by atoms with Gasteiger partial charge < -0.3 is 14.4 Å². The molecule has 1 amide bonds. The second kappa shape index (κ2) is 6.59. The van der Waals surface area contributed by atoms with Crippen LogP contribution in [0.2, 0.25) is 0 Å². The maximum atomic E-state index is 12.6. The van der Waals surface area contributed by atoms with Gasteiger partial charge in [-0.15, -0.1) is 0 Å². The fraction of sp³-hybridized carbons (Fsp3) is 0.300. The minimum absolute atomic E-state index is 0.0299. The van der Waals surface area contributed by atoms with Gasteiger partial charge in [0, 0.05) is 18.7 Å². The van der Waals surface area contributed by atoms with E-state index in [4.69, 9.17) is 4.42 Å². The zero-order valence-corrected chi connectivity index (χ0v) is 13.9. The van der Waals surface area contributed by atoms with E-state index in [1.54, 1.807) is 18.2 Å². The molecule has 2 heterocycles. The third kappa shape index (κ3) is 3.22. The maximum Gasteiger partial charge on any atom is 0.227 e. The lowest BCUT2D eigenvalue weighted by molar-refractivity contribution is -0.131. The van der Waals surface area contributed by atoms with Crippen molar-refractivity contribution in [3.8, 4) is 5.75 Å². The number of carbonyl (C=O) groups is 1. The molecule has 0 bridgehead atoms. The van der Waals surface area contributed by atoms with Crippen LogP contribution in [0.25, 0.3) is 11.1 Å². The molecule has 0 spiro atoms. The molecular formula is C20H20N2O3. The van der Waals surface area contributed by atoms with E-state index in [0.29, 0.717) is 18.0 Å². The molecular weight excluding hydrogens is 316 g/mol. The Morgan fingerprint density at radius 3 is 2.84 bits per heavy atom. The number of carbonyl (C=O) groups excluding carboxylic acids is 1. The molecule has 4 rings (SSSR count). The number of fused-ring (bicyclic) bond motifs is 1. The number of para-hydroxylation sites is 3. The molecule has 1 aliphatic heterocycles. The van der Waals surface area contributed by atoms with Crippen molar-refractivity contribution in [3.63, 3.8) is 0 Å². The molecule has 1 fully saturated rings. The van der Waals surface area contributed by atoms with Gasteiger partial charge in [0.1, 0.15) is 11.3 Å². The molecule has 1 N–H and O–H groups in total. The number of likely N-dealkylation sites (tertiary alicyclic amines) is 1. The minimum atomic E-state index is 0.0299. The SMILES string of the molecule is O=C(Cc1ccccc1O)N1CCC[C@@H](c2nc3ccccc3o2)C1. The van der Waals surface area contributed by atoms with Gasteiger partial charge in [0.05, 0.1) is 12.3 Å². The van der Waals surface area contributed by atoms with Crippen LogP contribution in [0, 0.1) is 0 Å². The lowest BCUT2D eigenvalue weighted by Gasteiger charge is -2.31. The van der Waals surface area contributed by atoms with E-state index in [2.05, 4.69) is 4.98 Å². The van der Waals surface area contributed by atoms with Crippen LogP contribution in [0.3, 0.4) is 0 Å². The average molecular weight is 336 g/mol. The van der Waals surface area contributed by atoms with Gasteiger partial charge in [-0.1, -0.05) is 30.3 Å². The van der Waals surface area contributed by atoms with Gasteiger partial charge in [-0.25, -0.2) is 4.98 Å². The molecule has 25 heavy (non-hydrogen) atoms. The number of amides is 1. The Bertz CT molecular complexity index is 870. The molecule has 0 radical (unpaired) electrons. The van der Waals surface area contributed by atoms with Gasteiger partial charge in [-0.2, -0.15) is 0 Å². The largest absolute Gasteiger partial charge is 0.508 e. The Morgan fingerprint density at radius 1 is 1.20 bits per heavy atom. The van der Waals surface area contributed by atoms with Crippen molar-refractivity contribution >= 4 is 17.0 Å². The summed E-state index contributed by atoms with van der Waals surface area (Å²) >= 11 is 0. The molecule has 1 atom stereocenters. The van der Waals surface area contributed by atoms with E-state index in [-0.39, 0.29) is 24.0 Å². The quantitative estimate of drug-likeness (QED) is 0.795. The van der Waals surface area contributed by atoms with Crippen molar-refractivity contribution < 1.29 is 14.3 Å². The summed E-state index contributed by atoms with van der Waals surface area (Å²) in [7, 11) is 0. The number of phenolic OH excluding ortho intramolecular Hbond substituents is 1.